The zero-order chi connectivity index (χ0) is 14.0. The van der Waals surface area contributed by atoms with Gasteiger partial charge in [0.05, 0.1) is 13.2 Å². The van der Waals surface area contributed by atoms with Crippen molar-refractivity contribution in [1.82, 2.24) is 9.29 Å². The van der Waals surface area contributed by atoms with Crippen LogP contribution in [0.4, 0.5) is 5.82 Å². The second-order valence-corrected chi connectivity index (χ2v) is 7.00. The smallest absolute Gasteiger partial charge is 0.244 e. The second kappa shape index (κ2) is 5.67. The van der Waals surface area contributed by atoms with E-state index in [-0.39, 0.29) is 4.90 Å². The van der Waals surface area contributed by atoms with Crippen LogP contribution in [0, 0.1) is 0 Å². The zero-order valence-electron chi connectivity index (χ0n) is 11.4. The molecule has 0 aromatic carbocycles. The van der Waals surface area contributed by atoms with Crippen molar-refractivity contribution >= 4 is 15.8 Å². The van der Waals surface area contributed by atoms with Crippen LogP contribution in [0.2, 0.25) is 0 Å². The van der Waals surface area contributed by atoms with E-state index in [0.717, 1.165) is 31.7 Å². The summed E-state index contributed by atoms with van der Waals surface area (Å²) in [6.07, 6.45) is 3.36. The first-order valence-electron chi connectivity index (χ1n) is 6.97. The number of nitrogens with zero attached hydrogens (tertiary/aromatic N) is 3. The molecule has 3 heterocycles. The molecule has 0 saturated carbocycles. The highest BCUT2D eigenvalue weighted by atomic mass is 32.2. The molecule has 110 valence electrons. The fourth-order valence-electron chi connectivity index (χ4n) is 2.58. The van der Waals surface area contributed by atoms with Gasteiger partial charge >= 0.3 is 0 Å². The van der Waals surface area contributed by atoms with E-state index in [2.05, 4.69) is 9.88 Å². The Balaban J connectivity index is 1.78. The summed E-state index contributed by atoms with van der Waals surface area (Å²) in [5.41, 5.74) is 0. The van der Waals surface area contributed by atoms with Crippen LogP contribution in [-0.4, -0.2) is 57.1 Å². The molecule has 2 aliphatic heterocycles. The predicted molar refractivity (Wildman–Crippen MR) is 75.3 cm³/mol. The molecule has 1 aromatic heterocycles. The molecule has 20 heavy (non-hydrogen) atoms. The Labute approximate surface area is 119 Å². The van der Waals surface area contributed by atoms with E-state index in [0.29, 0.717) is 26.3 Å². The molecule has 0 atom stereocenters. The minimum atomic E-state index is -3.36. The highest BCUT2D eigenvalue weighted by Crippen LogP contribution is 2.22. The molecule has 0 radical (unpaired) electrons. The van der Waals surface area contributed by atoms with Crippen molar-refractivity contribution < 1.29 is 13.2 Å². The summed E-state index contributed by atoms with van der Waals surface area (Å²) in [4.78, 5) is 6.70. The van der Waals surface area contributed by atoms with E-state index in [9.17, 15) is 8.42 Å². The fraction of sp³-hybridized carbons (Fsp3) is 0.615. The standard InChI is InChI=1S/C13H19N3O3S/c17-20(18,16-5-1-2-6-16)12-3-4-13(14-11-12)15-7-9-19-10-8-15/h3-4,11H,1-2,5-10H2. The fourth-order valence-corrected chi connectivity index (χ4v) is 4.05. The molecule has 0 aliphatic carbocycles. The molecule has 0 N–H and O–H groups in total. The lowest BCUT2D eigenvalue weighted by Gasteiger charge is -2.27. The summed E-state index contributed by atoms with van der Waals surface area (Å²) < 4.78 is 31.6. The summed E-state index contributed by atoms with van der Waals surface area (Å²) in [7, 11) is -3.36. The van der Waals surface area contributed by atoms with Crippen LogP contribution in [0.5, 0.6) is 0 Å². The SMILES string of the molecule is O=S(=O)(c1ccc(N2CCOCC2)nc1)N1CCCC1. The van der Waals surface area contributed by atoms with E-state index < -0.39 is 10.0 Å². The topological polar surface area (TPSA) is 62.7 Å². The number of sulfonamides is 1. The van der Waals surface area contributed by atoms with Crippen LogP contribution in [-0.2, 0) is 14.8 Å². The average molecular weight is 297 g/mol. The van der Waals surface area contributed by atoms with Gasteiger partial charge in [-0.05, 0) is 25.0 Å². The number of morpholine rings is 1. The van der Waals surface area contributed by atoms with Gasteiger partial charge in [-0.3, -0.25) is 0 Å². The first kappa shape index (κ1) is 13.8. The maximum absolute atomic E-state index is 12.4. The number of rotatable bonds is 3. The van der Waals surface area contributed by atoms with Crippen molar-refractivity contribution in [2.24, 2.45) is 0 Å². The number of aromatic nitrogens is 1. The van der Waals surface area contributed by atoms with E-state index in [1.807, 2.05) is 0 Å². The summed E-state index contributed by atoms with van der Waals surface area (Å²) in [6, 6.07) is 3.44. The van der Waals surface area contributed by atoms with Gasteiger partial charge in [-0.2, -0.15) is 4.31 Å². The normalized spacial score (nSPS) is 21.3. The molecular formula is C13H19N3O3S. The third-order valence-corrected chi connectivity index (χ3v) is 5.64. The molecule has 0 bridgehead atoms. The Morgan fingerprint density at radius 1 is 1.05 bits per heavy atom. The molecular weight excluding hydrogens is 278 g/mol. The summed E-state index contributed by atoms with van der Waals surface area (Å²) in [5.74, 6) is 0.814. The molecule has 2 aliphatic rings. The van der Waals surface area contributed by atoms with Crippen LogP contribution in [0.1, 0.15) is 12.8 Å². The predicted octanol–water partition coefficient (Wildman–Crippen LogP) is 0.703. The van der Waals surface area contributed by atoms with Crippen molar-refractivity contribution in [3.8, 4) is 0 Å². The first-order valence-corrected chi connectivity index (χ1v) is 8.41. The van der Waals surface area contributed by atoms with Gasteiger partial charge in [0.15, 0.2) is 0 Å². The summed E-state index contributed by atoms with van der Waals surface area (Å²) in [6.45, 7) is 4.21. The Kier molecular flexibility index (Phi) is 3.91. The lowest BCUT2D eigenvalue weighted by molar-refractivity contribution is 0.122. The van der Waals surface area contributed by atoms with Crippen molar-refractivity contribution in [3.63, 3.8) is 0 Å². The lowest BCUT2D eigenvalue weighted by Crippen LogP contribution is -2.36. The van der Waals surface area contributed by atoms with Crippen molar-refractivity contribution in [2.45, 2.75) is 17.7 Å². The van der Waals surface area contributed by atoms with E-state index in [1.165, 1.54) is 6.20 Å². The van der Waals surface area contributed by atoms with Crippen LogP contribution in [0.3, 0.4) is 0 Å². The van der Waals surface area contributed by atoms with Gasteiger partial charge in [-0.25, -0.2) is 13.4 Å². The van der Waals surface area contributed by atoms with Crippen LogP contribution >= 0.6 is 0 Å². The third-order valence-electron chi connectivity index (χ3n) is 3.76. The first-order chi connectivity index (χ1) is 9.68. The van der Waals surface area contributed by atoms with Crippen molar-refractivity contribution in [2.75, 3.05) is 44.3 Å². The van der Waals surface area contributed by atoms with Gasteiger partial charge in [0, 0.05) is 32.4 Å². The van der Waals surface area contributed by atoms with Gasteiger partial charge in [0.2, 0.25) is 10.0 Å². The lowest BCUT2D eigenvalue weighted by atomic mass is 10.4. The highest BCUT2D eigenvalue weighted by Gasteiger charge is 2.27. The highest BCUT2D eigenvalue weighted by molar-refractivity contribution is 7.89. The average Bonchev–Trinajstić information content (AvgIpc) is 3.03. The Morgan fingerprint density at radius 2 is 1.75 bits per heavy atom. The maximum atomic E-state index is 12.4. The molecule has 0 unspecified atom stereocenters. The minimum absolute atomic E-state index is 0.288. The minimum Gasteiger partial charge on any atom is -0.378 e. The molecule has 3 rings (SSSR count). The molecule has 2 saturated heterocycles. The zero-order valence-corrected chi connectivity index (χ0v) is 12.2. The number of pyridine rings is 1. The summed E-state index contributed by atoms with van der Waals surface area (Å²) >= 11 is 0. The van der Waals surface area contributed by atoms with Gasteiger partial charge in [-0.15, -0.1) is 0 Å². The van der Waals surface area contributed by atoms with Gasteiger partial charge in [-0.1, -0.05) is 0 Å². The summed E-state index contributed by atoms with van der Waals surface area (Å²) in [5, 5.41) is 0. The van der Waals surface area contributed by atoms with Crippen LogP contribution in [0.25, 0.3) is 0 Å². The third kappa shape index (κ3) is 2.65. The largest absolute Gasteiger partial charge is 0.378 e. The molecule has 1 aromatic rings. The van der Waals surface area contributed by atoms with Crippen LogP contribution in [0.15, 0.2) is 23.2 Å². The van der Waals surface area contributed by atoms with E-state index >= 15 is 0 Å². The number of anilines is 1. The number of ether oxygens (including phenoxy) is 1. The Bertz CT molecular complexity index is 547. The molecule has 2 fully saturated rings. The van der Waals surface area contributed by atoms with Crippen molar-refractivity contribution in [3.05, 3.63) is 18.3 Å². The number of hydrogen-bond donors (Lipinski definition) is 0. The van der Waals surface area contributed by atoms with E-state index in [4.69, 9.17) is 4.74 Å². The monoisotopic (exact) mass is 297 g/mol. The molecule has 0 amide bonds. The van der Waals surface area contributed by atoms with Crippen molar-refractivity contribution in [1.29, 1.82) is 0 Å². The van der Waals surface area contributed by atoms with E-state index in [1.54, 1.807) is 16.4 Å². The van der Waals surface area contributed by atoms with Gasteiger partial charge in [0.1, 0.15) is 10.7 Å². The van der Waals surface area contributed by atoms with Crippen LogP contribution < -0.4 is 4.90 Å². The molecule has 7 heteroatoms. The second-order valence-electron chi connectivity index (χ2n) is 5.06. The molecule has 0 spiro atoms. The Morgan fingerprint density at radius 3 is 2.35 bits per heavy atom. The molecule has 6 nitrogen and oxygen atoms in total. The quantitative estimate of drug-likeness (QED) is 0.822. The maximum Gasteiger partial charge on any atom is 0.244 e. The Hall–Kier alpha value is -1.18. The number of hydrogen-bond acceptors (Lipinski definition) is 5. The van der Waals surface area contributed by atoms with Gasteiger partial charge < -0.3 is 9.64 Å². The van der Waals surface area contributed by atoms with Gasteiger partial charge in [0.25, 0.3) is 0 Å².